The monoisotopic (exact) mass is 467 g/mol. The molecule has 0 saturated carbocycles. The van der Waals surface area contributed by atoms with Crippen LogP contribution in [0.2, 0.25) is 5.02 Å². The molecule has 0 fully saturated rings. The first-order valence-corrected chi connectivity index (χ1v) is 11.6. The van der Waals surface area contributed by atoms with Crippen LogP contribution in [0.5, 0.6) is 11.5 Å². The van der Waals surface area contributed by atoms with E-state index >= 15 is 0 Å². The van der Waals surface area contributed by atoms with Gasteiger partial charge in [-0.1, -0.05) is 47.6 Å². The second-order valence-electron chi connectivity index (χ2n) is 7.15. The molecule has 2 heterocycles. The first kappa shape index (κ1) is 22.1. The van der Waals surface area contributed by atoms with Crippen molar-refractivity contribution in [1.82, 2.24) is 19.6 Å². The Kier molecular flexibility index (Phi) is 6.62. The number of hydrogen-bond acceptors (Lipinski definition) is 6. The molecule has 1 amide bonds. The lowest BCUT2D eigenvalue weighted by molar-refractivity contribution is -0.116. The summed E-state index contributed by atoms with van der Waals surface area (Å²) in [6.45, 7) is 3.90. The molecule has 0 saturated heterocycles. The minimum absolute atomic E-state index is 0.123. The second-order valence-corrected chi connectivity index (χ2v) is 8.33. The van der Waals surface area contributed by atoms with Crippen molar-refractivity contribution in [1.29, 1.82) is 0 Å². The van der Waals surface area contributed by atoms with E-state index in [-0.39, 0.29) is 5.91 Å². The zero-order valence-corrected chi connectivity index (χ0v) is 19.5. The van der Waals surface area contributed by atoms with Gasteiger partial charge in [-0.2, -0.15) is 4.98 Å². The summed E-state index contributed by atoms with van der Waals surface area (Å²) in [5, 5.41) is 8.58. The van der Waals surface area contributed by atoms with E-state index in [4.69, 9.17) is 16.3 Å². The maximum atomic E-state index is 12.7. The number of aryl methyl sites for hydroxylation is 2. The lowest BCUT2D eigenvalue weighted by Gasteiger charge is -2.14. The van der Waals surface area contributed by atoms with Crippen molar-refractivity contribution in [3.05, 3.63) is 70.5 Å². The number of para-hydroxylation sites is 3. The van der Waals surface area contributed by atoms with E-state index in [0.717, 1.165) is 17.0 Å². The molecule has 0 bridgehead atoms. The SMILES string of the molecule is CSc1nc2nc(C)c(CCC(=O)Nc3ccccc3Oc3ccccc3Cl)c(C)n2n1. The zero-order valence-electron chi connectivity index (χ0n) is 17.9. The van der Waals surface area contributed by atoms with Crippen LogP contribution in [0, 0.1) is 13.8 Å². The number of ether oxygens (including phenoxy) is 1. The molecule has 2 aromatic carbocycles. The highest BCUT2D eigenvalue weighted by Gasteiger charge is 2.15. The summed E-state index contributed by atoms with van der Waals surface area (Å²) in [5.41, 5.74) is 3.37. The van der Waals surface area contributed by atoms with Crippen molar-refractivity contribution in [2.45, 2.75) is 31.8 Å². The molecule has 0 spiro atoms. The Labute approximate surface area is 195 Å². The first-order valence-electron chi connectivity index (χ1n) is 10.0. The fraction of sp³-hybridized carbons (Fsp3) is 0.217. The van der Waals surface area contributed by atoms with Gasteiger partial charge in [0.2, 0.25) is 11.1 Å². The molecule has 0 aliphatic heterocycles. The average Bonchev–Trinajstić information content (AvgIpc) is 3.20. The number of nitrogens with one attached hydrogen (secondary N) is 1. The normalized spacial score (nSPS) is 11.0. The van der Waals surface area contributed by atoms with Crippen molar-refractivity contribution in [3.8, 4) is 11.5 Å². The van der Waals surface area contributed by atoms with Gasteiger partial charge >= 0.3 is 0 Å². The summed E-state index contributed by atoms with van der Waals surface area (Å²) in [6.07, 6.45) is 2.75. The number of fused-ring (bicyclic) bond motifs is 1. The van der Waals surface area contributed by atoms with Gasteiger partial charge in [0.15, 0.2) is 5.75 Å². The van der Waals surface area contributed by atoms with Crippen LogP contribution < -0.4 is 10.1 Å². The molecule has 0 unspecified atom stereocenters. The molecule has 0 aliphatic rings. The van der Waals surface area contributed by atoms with E-state index < -0.39 is 0 Å². The van der Waals surface area contributed by atoms with Gasteiger partial charge in [-0.25, -0.2) is 9.50 Å². The van der Waals surface area contributed by atoms with E-state index in [1.807, 2.05) is 44.4 Å². The Morgan fingerprint density at radius 1 is 1.09 bits per heavy atom. The topological polar surface area (TPSA) is 81.4 Å². The van der Waals surface area contributed by atoms with Crippen LogP contribution in [0.15, 0.2) is 53.7 Å². The molecule has 0 aliphatic carbocycles. The van der Waals surface area contributed by atoms with Crippen molar-refractivity contribution < 1.29 is 9.53 Å². The van der Waals surface area contributed by atoms with E-state index in [2.05, 4.69) is 20.4 Å². The van der Waals surface area contributed by atoms with Gasteiger partial charge in [-0.3, -0.25) is 4.79 Å². The molecule has 164 valence electrons. The van der Waals surface area contributed by atoms with Crippen LogP contribution in [0.4, 0.5) is 5.69 Å². The lowest BCUT2D eigenvalue weighted by Crippen LogP contribution is -2.15. The highest BCUT2D eigenvalue weighted by molar-refractivity contribution is 7.98. The van der Waals surface area contributed by atoms with Gasteiger partial charge in [0.25, 0.3) is 5.78 Å². The lowest BCUT2D eigenvalue weighted by atomic mass is 10.1. The molecule has 4 rings (SSSR count). The summed E-state index contributed by atoms with van der Waals surface area (Å²) in [7, 11) is 0. The number of carbonyl (C=O) groups is 1. The van der Waals surface area contributed by atoms with Crippen LogP contribution in [0.3, 0.4) is 0 Å². The third kappa shape index (κ3) is 4.71. The van der Waals surface area contributed by atoms with Gasteiger partial charge in [-0.05, 0) is 56.4 Å². The summed E-state index contributed by atoms with van der Waals surface area (Å²) >= 11 is 7.67. The standard InChI is InChI=1S/C23H22ClN5O2S/c1-14-16(15(2)29-22(25-14)27-23(28-29)32-3)12-13-21(30)26-18-9-5-7-11-20(18)31-19-10-6-4-8-17(19)24/h4-11H,12-13H2,1-3H3,(H,26,30). The highest BCUT2D eigenvalue weighted by Crippen LogP contribution is 2.33. The Balaban J connectivity index is 1.48. The van der Waals surface area contributed by atoms with E-state index in [1.165, 1.54) is 11.8 Å². The maximum Gasteiger partial charge on any atom is 0.253 e. The molecular weight excluding hydrogens is 446 g/mol. The van der Waals surface area contributed by atoms with Crippen LogP contribution in [-0.2, 0) is 11.2 Å². The highest BCUT2D eigenvalue weighted by atomic mass is 35.5. The quantitative estimate of drug-likeness (QED) is 0.362. The number of hydrogen-bond donors (Lipinski definition) is 1. The van der Waals surface area contributed by atoms with Gasteiger partial charge in [-0.15, -0.1) is 5.10 Å². The molecule has 2 aromatic heterocycles. The fourth-order valence-corrected chi connectivity index (χ4v) is 3.90. The van der Waals surface area contributed by atoms with Gasteiger partial charge in [0.1, 0.15) is 5.75 Å². The zero-order chi connectivity index (χ0) is 22.7. The number of rotatable bonds is 7. The van der Waals surface area contributed by atoms with Crippen LogP contribution in [0.25, 0.3) is 5.78 Å². The van der Waals surface area contributed by atoms with Crippen molar-refractivity contribution in [2.75, 3.05) is 11.6 Å². The summed E-state index contributed by atoms with van der Waals surface area (Å²) < 4.78 is 7.66. The Morgan fingerprint density at radius 2 is 1.81 bits per heavy atom. The number of benzene rings is 2. The van der Waals surface area contributed by atoms with Crippen LogP contribution >= 0.6 is 23.4 Å². The first-order chi connectivity index (χ1) is 15.5. The van der Waals surface area contributed by atoms with Crippen molar-refractivity contribution >= 4 is 40.7 Å². The Hall–Kier alpha value is -3.10. The van der Waals surface area contributed by atoms with Gasteiger partial charge < -0.3 is 10.1 Å². The summed E-state index contributed by atoms with van der Waals surface area (Å²) in [4.78, 5) is 21.7. The number of nitrogens with zero attached hydrogens (tertiary/aromatic N) is 4. The predicted molar refractivity (Wildman–Crippen MR) is 127 cm³/mol. The molecule has 4 aromatic rings. The number of aromatic nitrogens is 4. The van der Waals surface area contributed by atoms with E-state index in [9.17, 15) is 4.79 Å². The number of carbonyl (C=O) groups excluding carboxylic acids is 1. The van der Waals surface area contributed by atoms with Gasteiger partial charge in [0, 0.05) is 17.8 Å². The minimum Gasteiger partial charge on any atom is -0.454 e. The molecule has 7 nitrogen and oxygen atoms in total. The molecular formula is C23H22ClN5O2S. The summed E-state index contributed by atoms with van der Waals surface area (Å²) in [6, 6.07) is 14.5. The Morgan fingerprint density at radius 3 is 2.56 bits per heavy atom. The number of thioether (sulfide) groups is 1. The van der Waals surface area contributed by atoms with Crippen LogP contribution in [-0.4, -0.2) is 31.7 Å². The average molecular weight is 468 g/mol. The molecule has 0 atom stereocenters. The number of amides is 1. The third-order valence-corrected chi connectivity index (χ3v) is 5.88. The Bertz CT molecular complexity index is 1290. The summed E-state index contributed by atoms with van der Waals surface area (Å²) in [5.74, 6) is 1.50. The number of anilines is 1. The maximum absolute atomic E-state index is 12.7. The largest absolute Gasteiger partial charge is 0.454 e. The molecule has 0 radical (unpaired) electrons. The number of halogens is 1. The third-order valence-electron chi connectivity index (χ3n) is 5.03. The molecule has 1 N–H and O–H groups in total. The van der Waals surface area contributed by atoms with Gasteiger partial charge in [0.05, 0.1) is 10.7 Å². The smallest absolute Gasteiger partial charge is 0.253 e. The van der Waals surface area contributed by atoms with Crippen molar-refractivity contribution in [3.63, 3.8) is 0 Å². The van der Waals surface area contributed by atoms with Crippen LogP contribution in [0.1, 0.15) is 23.4 Å². The van der Waals surface area contributed by atoms with Crippen molar-refractivity contribution in [2.24, 2.45) is 0 Å². The fourth-order valence-electron chi connectivity index (χ4n) is 3.39. The minimum atomic E-state index is -0.123. The second kappa shape index (κ2) is 9.58. The molecule has 9 heteroatoms. The van der Waals surface area contributed by atoms with E-state index in [1.54, 1.807) is 28.8 Å². The predicted octanol–water partition coefficient (Wildman–Crippen LogP) is 5.48. The van der Waals surface area contributed by atoms with E-state index in [0.29, 0.717) is 46.0 Å². The molecule has 32 heavy (non-hydrogen) atoms.